The number of hydrogen-bond acceptors (Lipinski definition) is 4. The molecule has 0 aliphatic heterocycles. The predicted molar refractivity (Wildman–Crippen MR) is 186 cm³/mol. The molecule has 0 radical (unpaired) electrons. The van der Waals surface area contributed by atoms with E-state index in [-0.39, 0.29) is 10.8 Å². The normalized spacial score (nSPS) is 17.2. The first kappa shape index (κ1) is 33.5. The number of anilines is 3. The second-order valence-corrected chi connectivity index (χ2v) is 15.0. The highest BCUT2D eigenvalue weighted by Gasteiger charge is 2.26. The van der Waals surface area contributed by atoms with E-state index in [1.165, 1.54) is 17.1 Å². The molecule has 3 nitrogen and oxygen atoms in total. The Balaban J connectivity index is 1.71. The molecule has 0 fully saturated rings. The summed E-state index contributed by atoms with van der Waals surface area (Å²) in [5.41, 5.74) is 6.72. The standard InChI is InChI=1S/C38H52N2OS/c1-28-17-14-15-20-35(28)39(10)31-21-23-33(24-22-31)40(32-18-12-11-13-19-32)25-16-26-42-29(2)27-34(38(7,8)9)36(41)30(3)37(4,5)6/h12,14-15,18-24,27-29,41H,16-17,25-26H2,1-10H3/b34-27+,36-30-. The Bertz CT molecular complexity index is 1270. The molecule has 1 aliphatic rings. The summed E-state index contributed by atoms with van der Waals surface area (Å²) in [5, 5.41) is 11.5. The fourth-order valence-corrected chi connectivity index (χ4v) is 6.01. The third-order valence-corrected chi connectivity index (χ3v) is 9.32. The molecule has 0 bridgehead atoms. The van der Waals surface area contributed by atoms with Gasteiger partial charge in [0.25, 0.3) is 0 Å². The van der Waals surface area contributed by atoms with Gasteiger partial charge in [0.2, 0.25) is 0 Å². The first-order chi connectivity index (χ1) is 19.7. The van der Waals surface area contributed by atoms with Gasteiger partial charge in [-0.15, -0.1) is 0 Å². The molecule has 2 unspecified atom stereocenters. The zero-order valence-corrected chi connectivity index (χ0v) is 28.4. The van der Waals surface area contributed by atoms with Crippen molar-refractivity contribution in [3.8, 4) is 0 Å². The second kappa shape index (κ2) is 14.4. The van der Waals surface area contributed by atoms with E-state index in [1.807, 2.05) is 23.9 Å². The number of nitrogens with zero attached hydrogens (tertiary/aromatic N) is 2. The van der Waals surface area contributed by atoms with Crippen LogP contribution in [0.5, 0.6) is 0 Å². The lowest BCUT2D eigenvalue weighted by Crippen LogP contribution is -2.23. The van der Waals surface area contributed by atoms with Crippen molar-refractivity contribution in [1.82, 2.24) is 0 Å². The Morgan fingerprint density at radius 3 is 2.26 bits per heavy atom. The number of aliphatic hydroxyl groups excluding tert-OH is 1. The van der Waals surface area contributed by atoms with Gasteiger partial charge in [-0.05, 0) is 103 Å². The number of allylic oxidation sites excluding steroid dienone is 6. The molecule has 3 rings (SSSR count). The van der Waals surface area contributed by atoms with Crippen LogP contribution in [0.2, 0.25) is 0 Å². The number of rotatable bonds is 11. The van der Waals surface area contributed by atoms with Gasteiger partial charge < -0.3 is 14.9 Å². The summed E-state index contributed by atoms with van der Waals surface area (Å²) < 4.78 is 0. The van der Waals surface area contributed by atoms with Crippen LogP contribution < -0.4 is 9.80 Å². The molecular weight excluding hydrogens is 532 g/mol. The maximum absolute atomic E-state index is 11.2. The Morgan fingerprint density at radius 2 is 1.69 bits per heavy atom. The van der Waals surface area contributed by atoms with Gasteiger partial charge in [-0.25, -0.2) is 0 Å². The highest BCUT2D eigenvalue weighted by Crippen LogP contribution is 2.38. The van der Waals surface area contributed by atoms with Crippen LogP contribution in [0.25, 0.3) is 0 Å². The molecule has 226 valence electrons. The molecule has 0 aromatic heterocycles. The van der Waals surface area contributed by atoms with Crippen LogP contribution >= 0.6 is 11.8 Å². The SMILES string of the molecule is C/C(=C(O)\C(=C/C(C)SCCCN(c1cc#ccc1)c1ccc(N(C)C2=CC=CCC2C)cc1)C(C)(C)C)C(C)(C)C. The van der Waals surface area contributed by atoms with Crippen molar-refractivity contribution < 1.29 is 5.11 Å². The molecule has 1 N–H and O–H groups in total. The van der Waals surface area contributed by atoms with Crippen LogP contribution in [0.3, 0.4) is 0 Å². The van der Waals surface area contributed by atoms with E-state index >= 15 is 0 Å². The average Bonchev–Trinajstić information content (AvgIpc) is 2.94. The molecule has 2 aromatic carbocycles. The summed E-state index contributed by atoms with van der Waals surface area (Å²) >= 11 is 1.94. The lowest BCUT2D eigenvalue weighted by molar-refractivity contribution is 0.351. The van der Waals surface area contributed by atoms with Crippen molar-refractivity contribution >= 4 is 28.8 Å². The molecule has 0 saturated carbocycles. The average molecular weight is 585 g/mol. The smallest absolute Gasteiger partial charge is 0.118 e. The highest BCUT2D eigenvalue weighted by molar-refractivity contribution is 8.00. The Hall–Kier alpha value is -3.03. The molecule has 1 aliphatic carbocycles. The predicted octanol–water partition coefficient (Wildman–Crippen LogP) is 10.7. The lowest BCUT2D eigenvalue weighted by Gasteiger charge is -2.30. The zero-order chi connectivity index (χ0) is 31.1. The molecule has 4 heteroatoms. The van der Waals surface area contributed by atoms with Crippen LogP contribution in [0.1, 0.15) is 75.2 Å². The number of benzene rings is 1. The summed E-state index contributed by atoms with van der Waals surface area (Å²) in [4.78, 5) is 4.68. The van der Waals surface area contributed by atoms with Gasteiger partial charge in [-0.3, -0.25) is 0 Å². The third kappa shape index (κ3) is 8.98. The minimum atomic E-state index is -0.133. The van der Waals surface area contributed by atoms with Crippen LogP contribution in [-0.2, 0) is 0 Å². The number of hydrogen-bond donors (Lipinski definition) is 1. The first-order valence-electron chi connectivity index (χ1n) is 15.3. The first-order valence-corrected chi connectivity index (χ1v) is 16.4. The van der Waals surface area contributed by atoms with Gasteiger partial charge in [0.15, 0.2) is 0 Å². The number of thioether (sulfide) groups is 1. The van der Waals surface area contributed by atoms with Gasteiger partial charge in [-0.1, -0.05) is 78.8 Å². The van der Waals surface area contributed by atoms with Gasteiger partial charge >= 0.3 is 0 Å². The molecular formula is C38H52N2OS. The fourth-order valence-electron chi connectivity index (χ4n) is 5.11. The van der Waals surface area contributed by atoms with Crippen LogP contribution in [0.4, 0.5) is 17.1 Å². The molecule has 0 spiro atoms. The van der Waals surface area contributed by atoms with Gasteiger partial charge in [-0.2, -0.15) is 11.8 Å². The van der Waals surface area contributed by atoms with Crippen LogP contribution in [0.15, 0.2) is 89.4 Å². The van der Waals surface area contributed by atoms with E-state index in [1.54, 1.807) is 0 Å². The quantitative estimate of drug-likeness (QED) is 0.161. The summed E-state index contributed by atoms with van der Waals surface area (Å²) in [6, 6.07) is 21.1. The summed E-state index contributed by atoms with van der Waals surface area (Å²) in [6.07, 6.45) is 11.0. The highest BCUT2D eigenvalue weighted by atomic mass is 32.2. The van der Waals surface area contributed by atoms with Crippen LogP contribution in [0, 0.1) is 28.9 Å². The third-order valence-electron chi connectivity index (χ3n) is 8.14. The Morgan fingerprint density at radius 1 is 1.02 bits per heavy atom. The van der Waals surface area contributed by atoms with E-state index in [0.29, 0.717) is 16.9 Å². The minimum absolute atomic E-state index is 0.0720. The summed E-state index contributed by atoms with van der Waals surface area (Å²) in [5.74, 6) is 1.99. The van der Waals surface area contributed by atoms with E-state index in [9.17, 15) is 5.11 Å². The van der Waals surface area contributed by atoms with Crippen molar-refractivity contribution in [3.63, 3.8) is 0 Å². The van der Waals surface area contributed by atoms with Gasteiger partial charge in [0.1, 0.15) is 5.76 Å². The minimum Gasteiger partial charge on any atom is -0.508 e. The van der Waals surface area contributed by atoms with Gasteiger partial charge in [0, 0.05) is 42.0 Å². The van der Waals surface area contributed by atoms with Crippen LogP contribution in [-0.4, -0.2) is 29.7 Å². The molecule has 2 aromatic rings. The molecule has 42 heavy (non-hydrogen) atoms. The zero-order valence-electron chi connectivity index (χ0n) is 27.6. The number of aliphatic hydroxyl groups is 1. The van der Waals surface area contributed by atoms with E-state index in [0.717, 1.165) is 42.0 Å². The van der Waals surface area contributed by atoms with E-state index in [2.05, 4.69) is 146 Å². The molecule has 0 saturated heterocycles. The van der Waals surface area contributed by atoms with E-state index < -0.39 is 0 Å². The van der Waals surface area contributed by atoms with Crippen molar-refractivity contribution in [2.75, 3.05) is 29.1 Å². The van der Waals surface area contributed by atoms with Crippen molar-refractivity contribution in [3.05, 3.63) is 102 Å². The van der Waals surface area contributed by atoms with Gasteiger partial charge in [0.05, 0.1) is 5.69 Å². The molecule has 0 amide bonds. The maximum atomic E-state index is 11.2. The lowest BCUT2D eigenvalue weighted by atomic mass is 9.79. The molecule has 0 heterocycles. The summed E-state index contributed by atoms with van der Waals surface area (Å²) in [6.45, 7) is 20.5. The maximum Gasteiger partial charge on any atom is 0.118 e. The van der Waals surface area contributed by atoms with Crippen molar-refractivity contribution in [1.29, 1.82) is 0 Å². The van der Waals surface area contributed by atoms with Crippen molar-refractivity contribution in [2.24, 2.45) is 16.7 Å². The van der Waals surface area contributed by atoms with E-state index in [4.69, 9.17) is 0 Å². The Labute approximate surface area is 261 Å². The summed E-state index contributed by atoms with van der Waals surface area (Å²) in [7, 11) is 2.16. The fraction of sp³-hybridized carbons (Fsp3) is 0.474. The largest absolute Gasteiger partial charge is 0.508 e. The topological polar surface area (TPSA) is 26.7 Å². The second-order valence-electron chi connectivity index (χ2n) is 13.6. The Kier molecular flexibility index (Phi) is 11.5. The molecule has 2 atom stereocenters. The monoisotopic (exact) mass is 584 g/mol. The van der Waals surface area contributed by atoms with Crippen molar-refractivity contribution in [2.45, 2.75) is 80.4 Å².